The predicted octanol–water partition coefficient (Wildman–Crippen LogP) is 5.49. The van der Waals surface area contributed by atoms with Gasteiger partial charge in [0.05, 0.1) is 27.7 Å². The number of ether oxygens (including phenoxy) is 1. The lowest BCUT2D eigenvalue weighted by molar-refractivity contribution is -0.114. The number of nitrogens with zero attached hydrogens (tertiary/aromatic N) is 1. The van der Waals surface area contributed by atoms with E-state index in [1.807, 2.05) is 0 Å². The first-order chi connectivity index (χ1) is 14.7. The van der Waals surface area contributed by atoms with Crippen LogP contribution in [0.4, 0.5) is 11.4 Å². The lowest BCUT2D eigenvalue weighted by Crippen LogP contribution is -2.38. The van der Waals surface area contributed by atoms with Crippen molar-refractivity contribution < 1.29 is 17.9 Å². The smallest absolute Gasteiger partial charge is 0.264 e. The topological polar surface area (TPSA) is 75.7 Å². The molecule has 0 aliphatic rings. The van der Waals surface area contributed by atoms with E-state index in [0.717, 1.165) is 4.31 Å². The number of methoxy groups -OCH3 is 1. The van der Waals surface area contributed by atoms with Gasteiger partial charge in [0.15, 0.2) is 0 Å². The number of hydrogen-bond donors (Lipinski definition) is 1. The predicted molar refractivity (Wildman–Crippen MR) is 124 cm³/mol. The highest BCUT2D eigenvalue weighted by molar-refractivity contribution is 7.92. The van der Waals surface area contributed by atoms with Gasteiger partial charge < -0.3 is 10.1 Å². The quantitative estimate of drug-likeness (QED) is 0.466. The molecule has 0 bridgehead atoms. The molecule has 0 saturated carbocycles. The Balaban J connectivity index is 2.01. The van der Waals surface area contributed by atoms with Crippen LogP contribution in [0.3, 0.4) is 0 Å². The molecular formula is C21H17Cl3N2O4S. The Bertz CT molecular complexity index is 1200. The van der Waals surface area contributed by atoms with Gasteiger partial charge in [-0.2, -0.15) is 0 Å². The zero-order valence-electron chi connectivity index (χ0n) is 16.2. The second kappa shape index (κ2) is 9.78. The summed E-state index contributed by atoms with van der Waals surface area (Å²) in [5, 5.41) is 3.49. The Hall–Kier alpha value is -2.45. The molecule has 10 heteroatoms. The van der Waals surface area contributed by atoms with Crippen molar-refractivity contribution in [1.29, 1.82) is 0 Å². The molecule has 3 aromatic carbocycles. The van der Waals surface area contributed by atoms with E-state index >= 15 is 0 Å². The van der Waals surface area contributed by atoms with E-state index in [-0.39, 0.29) is 26.4 Å². The minimum atomic E-state index is -4.12. The maximum Gasteiger partial charge on any atom is 0.264 e. The number of carbonyl (C=O) groups is 1. The molecule has 0 radical (unpaired) electrons. The third-order valence-corrected chi connectivity index (χ3v) is 6.98. The van der Waals surface area contributed by atoms with Crippen molar-refractivity contribution in [3.63, 3.8) is 0 Å². The standard InChI is InChI=1S/C21H17Cl3N2O4S/c1-30-20-10-7-14(22)11-19(20)26(31(28,29)16-5-3-2-4-6-16)13-21(27)25-15-8-9-17(23)18(24)12-15/h2-12H,13H2,1H3,(H,25,27). The Labute approximate surface area is 195 Å². The van der Waals surface area contributed by atoms with Gasteiger partial charge in [-0.3, -0.25) is 9.10 Å². The summed E-state index contributed by atoms with van der Waals surface area (Å²) < 4.78 is 33.1. The van der Waals surface area contributed by atoms with Gasteiger partial charge >= 0.3 is 0 Å². The van der Waals surface area contributed by atoms with Crippen molar-refractivity contribution in [2.24, 2.45) is 0 Å². The summed E-state index contributed by atoms with van der Waals surface area (Å²) in [5.41, 5.74) is 0.498. The molecule has 0 aliphatic carbocycles. The Morgan fingerprint density at radius 3 is 2.32 bits per heavy atom. The fourth-order valence-electron chi connectivity index (χ4n) is 2.78. The molecule has 0 atom stereocenters. The van der Waals surface area contributed by atoms with Gasteiger partial charge in [0.2, 0.25) is 5.91 Å². The van der Waals surface area contributed by atoms with Gasteiger partial charge in [-0.05, 0) is 48.5 Å². The number of halogens is 3. The minimum Gasteiger partial charge on any atom is -0.495 e. The van der Waals surface area contributed by atoms with Gasteiger partial charge in [0.25, 0.3) is 10.0 Å². The number of sulfonamides is 1. The Morgan fingerprint density at radius 2 is 1.68 bits per heavy atom. The molecular weight excluding hydrogens is 483 g/mol. The molecule has 0 fully saturated rings. The molecule has 3 rings (SSSR count). The van der Waals surface area contributed by atoms with Crippen molar-refractivity contribution in [3.8, 4) is 5.75 Å². The van der Waals surface area contributed by atoms with Crippen LogP contribution in [0.1, 0.15) is 0 Å². The third-order valence-electron chi connectivity index (χ3n) is 4.23. The maximum atomic E-state index is 13.4. The number of benzene rings is 3. The lowest BCUT2D eigenvalue weighted by atomic mass is 10.3. The van der Waals surface area contributed by atoms with Crippen LogP contribution in [0.15, 0.2) is 71.6 Å². The number of anilines is 2. The summed E-state index contributed by atoms with van der Waals surface area (Å²) in [6.07, 6.45) is 0. The van der Waals surface area contributed by atoms with Crippen LogP contribution in [0.25, 0.3) is 0 Å². The highest BCUT2D eigenvalue weighted by Crippen LogP contribution is 2.35. The summed E-state index contributed by atoms with van der Waals surface area (Å²) >= 11 is 18.0. The van der Waals surface area contributed by atoms with E-state index in [2.05, 4.69) is 5.32 Å². The van der Waals surface area contributed by atoms with Crippen molar-refractivity contribution in [1.82, 2.24) is 0 Å². The summed E-state index contributed by atoms with van der Waals surface area (Å²) in [5.74, 6) is -0.355. The van der Waals surface area contributed by atoms with Crippen LogP contribution >= 0.6 is 34.8 Å². The summed E-state index contributed by atoms with van der Waals surface area (Å²) in [4.78, 5) is 12.8. The second-order valence-corrected chi connectivity index (χ2v) is 9.43. The molecule has 31 heavy (non-hydrogen) atoms. The third kappa shape index (κ3) is 5.43. The van der Waals surface area contributed by atoms with E-state index in [9.17, 15) is 13.2 Å². The number of carbonyl (C=O) groups excluding carboxylic acids is 1. The fraction of sp³-hybridized carbons (Fsp3) is 0.0952. The molecule has 1 N–H and O–H groups in total. The van der Waals surface area contributed by atoms with Crippen LogP contribution in [0, 0.1) is 0 Å². The molecule has 0 saturated heterocycles. The van der Waals surface area contributed by atoms with Crippen LogP contribution in [-0.4, -0.2) is 28.0 Å². The molecule has 0 heterocycles. The largest absolute Gasteiger partial charge is 0.495 e. The van der Waals surface area contributed by atoms with Crippen LogP contribution in [0.5, 0.6) is 5.75 Å². The molecule has 0 aromatic heterocycles. The number of nitrogens with one attached hydrogen (secondary N) is 1. The highest BCUT2D eigenvalue weighted by atomic mass is 35.5. The normalized spacial score (nSPS) is 11.1. The van der Waals surface area contributed by atoms with Gasteiger partial charge in [-0.25, -0.2) is 8.42 Å². The number of rotatable bonds is 7. The highest BCUT2D eigenvalue weighted by Gasteiger charge is 2.29. The molecule has 0 aliphatic heterocycles. The number of amides is 1. The van der Waals surface area contributed by atoms with Crippen LogP contribution < -0.4 is 14.4 Å². The first kappa shape index (κ1) is 23.2. The average molecular weight is 500 g/mol. The summed E-state index contributed by atoms with van der Waals surface area (Å²) in [6, 6.07) is 16.8. The zero-order chi connectivity index (χ0) is 22.6. The first-order valence-electron chi connectivity index (χ1n) is 8.88. The van der Waals surface area contributed by atoms with Gasteiger partial charge in [0, 0.05) is 10.7 Å². The van der Waals surface area contributed by atoms with E-state index < -0.39 is 22.5 Å². The van der Waals surface area contributed by atoms with Gasteiger partial charge in [-0.1, -0.05) is 53.0 Å². The van der Waals surface area contributed by atoms with E-state index in [0.29, 0.717) is 10.7 Å². The Kier molecular flexibility index (Phi) is 7.33. The molecule has 0 spiro atoms. The van der Waals surface area contributed by atoms with E-state index in [1.54, 1.807) is 30.3 Å². The van der Waals surface area contributed by atoms with Crippen LogP contribution in [-0.2, 0) is 14.8 Å². The minimum absolute atomic E-state index is 0.0133. The SMILES string of the molecule is COc1ccc(Cl)cc1N(CC(=O)Nc1ccc(Cl)c(Cl)c1)S(=O)(=O)c1ccccc1. The second-order valence-electron chi connectivity index (χ2n) is 6.32. The van der Waals surface area contributed by atoms with E-state index in [4.69, 9.17) is 39.5 Å². The maximum absolute atomic E-state index is 13.4. The fourth-order valence-corrected chi connectivity index (χ4v) is 4.69. The van der Waals surface area contributed by atoms with Crippen molar-refractivity contribution in [3.05, 3.63) is 81.8 Å². The molecule has 1 amide bonds. The lowest BCUT2D eigenvalue weighted by Gasteiger charge is -2.26. The van der Waals surface area contributed by atoms with Gasteiger partial charge in [0.1, 0.15) is 12.3 Å². The average Bonchev–Trinajstić information content (AvgIpc) is 2.75. The summed E-state index contributed by atoms with van der Waals surface area (Å²) in [7, 11) is -2.72. The van der Waals surface area contributed by atoms with Crippen molar-refractivity contribution >= 4 is 62.1 Å². The first-order valence-corrected chi connectivity index (χ1v) is 11.5. The molecule has 6 nitrogen and oxygen atoms in total. The van der Waals surface area contributed by atoms with Gasteiger partial charge in [-0.15, -0.1) is 0 Å². The Morgan fingerprint density at radius 1 is 0.968 bits per heavy atom. The van der Waals surface area contributed by atoms with E-state index in [1.165, 1.54) is 43.5 Å². The molecule has 0 unspecified atom stereocenters. The van der Waals surface area contributed by atoms with Crippen LogP contribution in [0.2, 0.25) is 15.1 Å². The molecule has 3 aromatic rings. The monoisotopic (exact) mass is 498 g/mol. The summed E-state index contributed by atoms with van der Waals surface area (Å²) in [6.45, 7) is -0.534. The zero-order valence-corrected chi connectivity index (χ0v) is 19.3. The van der Waals surface area contributed by atoms with Crippen molar-refractivity contribution in [2.45, 2.75) is 4.90 Å². The van der Waals surface area contributed by atoms with Crippen molar-refractivity contribution in [2.75, 3.05) is 23.3 Å². The number of hydrogen-bond acceptors (Lipinski definition) is 4. The molecule has 162 valence electrons.